The minimum atomic E-state index is -0.245. The van der Waals surface area contributed by atoms with Gasteiger partial charge in [0.15, 0.2) is 15.8 Å². The molecule has 6 nitrogen and oxygen atoms in total. The number of unbranched alkanes of at least 4 members (excludes halogenated alkanes) is 1. The van der Waals surface area contributed by atoms with Crippen LogP contribution in [-0.2, 0) is 0 Å². The van der Waals surface area contributed by atoms with Crippen LogP contribution in [-0.4, -0.2) is 35.1 Å². The molecule has 1 aromatic carbocycles. The zero-order valence-electron chi connectivity index (χ0n) is 14.7. The monoisotopic (exact) mass is 381 g/mol. The molecule has 0 aliphatic heterocycles. The lowest BCUT2D eigenvalue weighted by atomic mass is 10.2. The van der Waals surface area contributed by atoms with Gasteiger partial charge in [0.2, 0.25) is 5.13 Å². The van der Waals surface area contributed by atoms with Gasteiger partial charge in [0.25, 0.3) is 5.91 Å². The molecule has 1 N–H and O–H groups in total. The lowest BCUT2D eigenvalue weighted by Gasteiger charge is -2.12. The van der Waals surface area contributed by atoms with Crippen LogP contribution in [0.25, 0.3) is 0 Å². The van der Waals surface area contributed by atoms with E-state index < -0.39 is 0 Å². The van der Waals surface area contributed by atoms with Crippen LogP contribution >= 0.6 is 23.1 Å². The third kappa shape index (κ3) is 5.89. The number of nitrogens with zero attached hydrogens (tertiary/aromatic N) is 2. The van der Waals surface area contributed by atoms with Crippen molar-refractivity contribution in [2.75, 3.05) is 24.3 Å². The number of ether oxygens (including phenoxy) is 2. The van der Waals surface area contributed by atoms with E-state index in [0.717, 1.165) is 22.9 Å². The van der Waals surface area contributed by atoms with E-state index in [1.54, 1.807) is 30.0 Å². The summed E-state index contributed by atoms with van der Waals surface area (Å²) in [4.78, 5) is 12.4. The van der Waals surface area contributed by atoms with E-state index in [1.165, 1.54) is 11.3 Å². The van der Waals surface area contributed by atoms with Crippen molar-refractivity contribution in [3.8, 4) is 11.5 Å². The highest BCUT2D eigenvalue weighted by molar-refractivity contribution is 8.01. The van der Waals surface area contributed by atoms with Crippen molar-refractivity contribution in [1.82, 2.24) is 10.2 Å². The molecule has 0 aliphatic carbocycles. The number of amides is 1. The third-order valence-electron chi connectivity index (χ3n) is 3.16. The zero-order chi connectivity index (χ0) is 18.1. The number of carbonyl (C=O) groups is 1. The molecular formula is C17H23N3O3S2. The largest absolute Gasteiger partial charge is 0.490 e. The second-order valence-corrected chi connectivity index (χ2v) is 7.38. The Hall–Kier alpha value is -1.80. The number of carbonyl (C=O) groups excluding carboxylic acids is 1. The first-order valence-corrected chi connectivity index (χ1v) is 10.1. The average molecular weight is 382 g/mol. The van der Waals surface area contributed by atoms with Crippen molar-refractivity contribution < 1.29 is 14.3 Å². The molecule has 0 radical (unpaired) electrons. The summed E-state index contributed by atoms with van der Waals surface area (Å²) in [6.07, 6.45) is 2.29. The highest BCUT2D eigenvalue weighted by Gasteiger charge is 2.14. The molecule has 0 aliphatic rings. The molecule has 1 amide bonds. The number of nitrogens with one attached hydrogen (secondary N) is 1. The van der Waals surface area contributed by atoms with Gasteiger partial charge in [0.1, 0.15) is 0 Å². The van der Waals surface area contributed by atoms with E-state index in [-0.39, 0.29) is 5.91 Å². The van der Waals surface area contributed by atoms with Gasteiger partial charge in [-0.3, -0.25) is 10.1 Å². The van der Waals surface area contributed by atoms with E-state index in [0.29, 0.717) is 35.4 Å². The van der Waals surface area contributed by atoms with Gasteiger partial charge in [0.05, 0.1) is 13.2 Å². The van der Waals surface area contributed by atoms with Crippen molar-refractivity contribution in [3.05, 3.63) is 23.8 Å². The van der Waals surface area contributed by atoms with Crippen LogP contribution in [0.5, 0.6) is 11.5 Å². The number of anilines is 1. The quantitative estimate of drug-likeness (QED) is 0.372. The maximum Gasteiger partial charge on any atom is 0.257 e. The van der Waals surface area contributed by atoms with E-state index >= 15 is 0 Å². The van der Waals surface area contributed by atoms with Crippen LogP contribution in [0.4, 0.5) is 5.13 Å². The van der Waals surface area contributed by atoms with Crippen LogP contribution in [0, 0.1) is 0 Å². The Morgan fingerprint density at radius 2 is 1.92 bits per heavy atom. The summed E-state index contributed by atoms with van der Waals surface area (Å²) in [6.45, 7) is 6.98. The second kappa shape index (κ2) is 10.2. The molecule has 0 bridgehead atoms. The molecule has 0 saturated carbocycles. The normalized spacial score (nSPS) is 10.5. The summed E-state index contributed by atoms with van der Waals surface area (Å²) >= 11 is 3.05. The predicted octanol–water partition coefficient (Wildman–Crippen LogP) is 4.48. The standard InChI is InChI=1S/C17H23N3O3S2/c1-4-7-10-24-17-20-19-16(25-17)18-15(21)12-8-9-13(22-5-2)14(11-12)23-6-3/h8-9,11H,4-7,10H2,1-3H3,(H,18,19,21). The summed E-state index contributed by atoms with van der Waals surface area (Å²) in [6, 6.07) is 5.14. The summed E-state index contributed by atoms with van der Waals surface area (Å²) in [7, 11) is 0. The van der Waals surface area contributed by atoms with Gasteiger partial charge in [-0.1, -0.05) is 36.4 Å². The molecule has 1 heterocycles. The first-order valence-electron chi connectivity index (χ1n) is 8.35. The molecule has 0 atom stereocenters. The fourth-order valence-electron chi connectivity index (χ4n) is 1.98. The van der Waals surface area contributed by atoms with Gasteiger partial charge in [-0.2, -0.15) is 0 Å². The number of hydrogen-bond donors (Lipinski definition) is 1. The Bertz CT molecular complexity index is 692. The summed E-state index contributed by atoms with van der Waals surface area (Å²) in [5.74, 6) is 1.96. The molecule has 136 valence electrons. The predicted molar refractivity (Wildman–Crippen MR) is 102 cm³/mol. The molecule has 2 aromatic rings. The van der Waals surface area contributed by atoms with Gasteiger partial charge in [0, 0.05) is 11.3 Å². The van der Waals surface area contributed by atoms with Crippen molar-refractivity contribution in [3.63, 3.8) is 0 Å². The zero-order valence-corrected chi connectivity index (χ0v) is 16.3. The average Bonchev–Trinajstić information content (AvgIpc) is 3.04. The van der Waals surface area contributed by atoms with Crippen LogP contribution in [0.2, 0.25) is 0 Å². The third-order valence-corrected chi connectivity index (χ3v) is 5.21. The first kappa shape index (κ1) is 19.5. The van der Waals surface area contributed by atoms with E-state index in [1.807, 2.05) is 13.8 Å². The van der Waals surface area contributed by atoms with Gasteiger partial charge >= 0.3 is 0 Å². The fraction of sp³-hybridized carbons (Fsp3) is 0.471. The minimum absolute atomic E-state index is 0.245. The number of benzene rings is 1. The van der Waals surface area contributed by atoms with Gasteiger partial charge in [-0.15, -0.1) is 10.2 Å². The van der Waals surface area contributed by atoms with Gasteiger partial charge in [-0.05, 0) is 38.5 Å². The maximum absolute atomic E-state index is 12.4. The Balaban J connectivity index is 2.03. The number of aromatic nitrogens is 2. The SMILES string of the molecule is CCCCSc1nnc(NC(=O)c2ccc(OCC)c(OCC)c2)s1. The number of rotatable bonds is 10. The lowest BCUT2D eigenvalue weighted by Crippen LogP contribution is -2.12. The Labute approximate surface area is 156 Å². The second-order valence-electron chi connectivity index (χ2n) is 5.06. The van der Waals surface area contributed by atoms with Crippen LogP contribution in [0.3, 0.4) is 0 Å². The summed E-state index contributed by atoms with van der Waals surface area (Å²) in [5, 5.41) is 11.4. The van der Waals surface area contributed by atoms with Crippen molar-refractivity contribution in [2.24, 2.45) is 0 Å². The van der Waals surface area contributed by atoms with Gasteiger partial charge in [-0.25, -0.2) is 0 Å². The fourth-order valence-corrected chi connectivity index (χ4v) is 3.89. The first-order chi connectivity index (χ1) is 12.2. The van der Waals surface area contributed by atoms with Crippen LogP contribution in [0.1, 0.15) is 44.0 Å². The molecule has 2 rings (SSSR count). The Morgan fingerprint density at radius 3 is 2.64 bits per heavy atom. The highest BCUT2D eigenvalue weighted by Crippen LogP contribution is 2.30. The van der Waals surface area contributed by atoms with Gasteiger partial charge < -0.3 is 9.47 Å². The molecule has 0 saturated heterocycles. The van der Waals surface area contributed by atoms with Crippen molar-refractivity contribution in [2.45, 2.75) is 38.0 Å². The Morgan fingerprint density at radius 1 is 1.16 bits per heavy atom. The maximum atomic E-state index is 12.4. The van der Waals surface area contributed by atoms with Crippen LogP contribution in [0.15, 0.2) is 22.5 Å². The topological polar surface area (TPSA) is 73.3 Å². The Kier molecular flexibility index (Phi) is 8.00. The molecule has 25 heavy (non-hydrogen) atoms. The molecule has 0 fully saturated rings. The summed E-state index contributed by atoms with van der Waals surface area (Å²) < 4.78 is 11.9. The molecule has 1 aromatic heterocycles. The minimum Gasteiger partial charge on any atom is -0.490 e. The number of hydrogen-bond acceptors (Lipinski definition) is 7. The van der Waals surface area contributed by atoms with Crippen molar-refractivity contribution in [1.29, 1.82) is 0 Å². The molecule has 0 spiro atoms. The van der Waals surface area contributed by atoms with Crippen molar-refractivity contribution >= 4 is 34.1 Å². The van der Waals surface area contributed by atoms with E-state index in [9.17, 15) is 4.79 Å². The highest BCUT2D eigenvalue weighted by atomic mass is 32.2. The number of thioether (sulfide) groups is 1. The molecule has 8 heteroatoms. The molecular weight excluding hydrogens is 358 g/mol. The smallest absolute Gasteiger partial charge is 0.257 e. The lowest BCUT2D eigenvalue weighted by molar-refractivity contribution is 0.102. The summed E-state index contributed by atoms with van der Waals surface area (Å²) in [5.41, 5.74) is 0.488. The van der Waals surface area contributed by atoms with Crippen LogP contribution < -0.4 is 14.8 Å². The molecule has 0 unspecified atom stereocenters. The van der Waals surface area contributed by atoms with E-state index in [4.69, 9.17) is 9.47 Å². The van der Waals surface area contributed by atoms with E-state index in [2.05, 4.69) is 22.4 Å².